The molecule has 0 N–H and O–H groups in total. The van der Waals surface area contributed by atoms with Crippen LogP contribution in [-0.2, 0) is 5.41 Å². The van der Waals surface area contributed by atoms with E-state index in [1.54, 1.807) is 0 Å². The van der Waals surface area contributed by atoms with Crippen molar-refractivity contribution in [1.29, 1.82) is 0 Å². The predicted octanol–water partition coefficient (Wildman–Crippen LogP) is 15.7. The molecule has 2 unspecified atom stereocenters. The van der Waals surface area contributed by atoms with Crippen molar-refractivity contribution < 1.29 is 6.85 Å². The maximum absolute atomic E-state index is 8.73. The molecular weight excluding hydrogens is 757 g/mol. The topological polar surface area (TPSA) is 0 Å². The van der Waals surface area contributed by atoms with Crippen LogP contribution in [0.4, 0.5) is 0 Å². The van der Waals surface area contributed by atoms with Gasteiger partial charge in [0.25, 0.3) is 0 Å². The van der Waals surface area contributed by atoms with Crippen molar-refractivity contribution in [2.75, 3.05) is 0 Å². The summed E-state index contributed by atoms with van der Waals surface area (Å²) in [5, 5.41) is 0. The maximum Gasteiger partial charge on any atom is 0.0713 e. The average Bonchev–Trinajstić information content (AvgIpc) is 3.89. The molecule has 0 nitrogen and oxygen atoms in total. The van der Waals surface area contributed by atoms with Gasteiger partial charge in [0.1, 0.15) is 0 Å². The zero-order valence-electron chi connectivity index (χ0n) is 39.5. The Morgan fingerprint density at radius 3 is 1.52 bits per heavy atom. The maximum atomic E-state index is 8.73. The molecular formula is C63H44. The average molecular weight is 806 g/mol. The lowest BCUT2D eigenvalue weighted by Crippen LogP contribution is -2.28. The van der Waals surface area contributed by atoms with Crippen LogP contribution in [0.2, 0.25) is 0 Å². The Balaban J connectivity index is 1.01. The lowest BCUT2D eigenvalue weighted by molar-refractivity contribution is 0.765. The molecule has 0 heterocycles. The zero-order chi connectivity index (χ0) is 46.1. The highest BCUT2D eigenvalue weighted by Crippen LogP contribution is 2.57. The van der Waals surface area contributed by atoms with Gasteiger partial charge in [0.2, 0.25) is 0 Å². The molecule has 10 aromatic carbocycles. The number of hydrogen-bond donors (Lipinski definition) is 0. The van der Waals surface area contributed by atoms with E-state index in [0.29, 0.717) is 5.56 Å². The van der Waals surface area contributed by atoms with Gasteiger partial charge in [0, 0.05) is 11.8 Å². The van der Waals surface area contributed by atoms with Gasteiger partial charge >= 0.3 is 0 Å². The Kier molecular flexibility index (Phi) is 7.76. The van der Waals surface area contributed by atoms with Gasteiger partial charge in [-0.1, -0.05) is 249 Å². The van der Waals surface area contributed by atoms with Crippen molar-refractivity contribution >= 4 is 0 Å². The van der Waals surface area contributed by atoms with Gasteiger partial charge < -0.3 is 0 Å². The summed E-state index contributed by atoms with van der Waals surface area (Å²) in [7, 11) is 0. The van der Waals surface area contributed by atoms with E-state index in [1.165, 1.54) is 61.2 Å². The highest BCUT2D eigenvalue weighted by molar-refractivity contribution is 5.87. The number of benzene rings is 10. The molecule has 296 valence electrons. The van der Waals surface area contributed by atoms with Crippen molar-refractivity contribution in [2.45, 2.75) is 17.3 Å². The molecule has 12 rings (SSSR count). The van der Waals surface area contributed by atoms with E-state index in [9.17, 15) is 0 Å². The standard InChI is InChI=1S/C63H44/c1-5-17-43(18-6-1)44-29-33-47(34-30-44)61(48-35-31-45(32-36-48)49-37-40-57-58(41-49)53-25-13-14-27-56(53)62(57)46-19-7-2-8-20-46)50-38-39-55-54-26-15-16-28-59(54)63(60(55)42-50,51-21-9-3-10-22-51)52-23-11-4-12-24-52/h1-42,61-62H/i1D,5D,6D,17D,18D. The van der Waals surface area contributed by atoms with Crippen LogP contribution in [0.5, 0.6) is 0 Å². The lowest BCUT2D eigenvalue weighted by Gasteiger charge is -2.34. The van der Waals surface area contributed by atoms with Gasteiger partial charge in [-0.2, -0.15) is 0 Å². The summed E-state index contributed by atoms with van der Waals surface area (Å²) in [5.74, 6) is -0.0241. The minimum absolute atomic E-state index is 0.189. The molecule has 2 atom stereocenters. The van der Waals surface area contributed by atoms with Crippen molar-refractivity contribution in [3.05, 3.63) is 310 Å². The summed E-state index contributed by atoms with van der Waals surface area (Å²) in [6.07, 6.45) is 0. The van der Waals surface area contributed by atoms with E-state index in [2.05, 4.69) is 212 Å². The third-order valence-corrected chi connectivity index (χ3v) is 13.5. The highest BCUT2D eigenvalue weighted by Gasteiger charge is 2.46. The molecule has 0 radical (unpaired) electrons. The fourth-order valence-corrected chi connectivity index (χ4v) is 10.7. The quantitative estimate of drug-likeness (QED) is 0.134. The Hall–Kier alpha value is -7.80. The van der Waals surface area contributed by atoms with Crippen LogP contribution >= 0.6 is 0 Å². The molecule has 0 fully saturated rings. The minimum atomic E-state index is -0.574. The van der Waals surface area contributed by atoms with Crippen LogP contribution in [0.1, 0.15) is 74.3 Å². The fraction of sp³-hybridized carbons (Fsp3) is 0.0476. The predicted molar refractivity (Wildman–Crippen MR) is 261 cm³/mol. The fourth-order valence-electron chi connectivity index (χ4n) is 10.7. The van der Waals surface area contributed by atoms with Gasteiger partial charge in [-0.05, 0) is 106 Å². The van der Waals surface area contributed by atoms with Gasteiger partial charge in [-0.15, -0.1) is 0 Å². The number of fused-ring (bicyclic) bond motifs is 6. The SMILES string of the molecule is [2H]c1c([2H])c([2H])c(-c2ccc(C(c3ccc(-c4ccc5c(c4)-c4ccccc4C5c4ccccc4)cc3)c3ccc4c(c3)C(c3ccccc3)(c3ccccc3)c3ccccc3-4)cc2)c([2H])c1[2H]. The normalized spacial score (nSPS) is 15.7. The van der Waals surface area contributed by atoms with Gasteiger partial charge in [0.15, 0.2) is 0 Å². The van der Waals surface area contributed by atoms with E-state index in [4.69, 9.17) is 6.85 Å². The van der Waals surface area contributed by atoms with Crippen LogP contribution in [0.15, 0.2) is 255 Å². The first-order valence-electron chi connectivity index (χ1n) is 24.2. The minimum Gasteiger partial charge on any atom is -0.0622 e. The zero-order valence-corrected chi connectivity index (χ0v) is 34.5. The molecule has 0 bridgehead atoms. The Morgan fingerprint density at radius 2 is 0.857 bits per heavy atom. The Labute approximate surface area is 377 Å². The van der Waals surface area contributed by atoms with Crippen LogP contribution in [0.25, 0.3) is 44.5 Å². The molecule has 0 saturated carbocycles. The first kappa shape index (κ1) is 32.0. The largest absolute Gasteiger partial charge is 0.0713 e. The molecule has 0 saturated heterocycles. The van der Waals surface area contributed by atoms with Gasteiger partial charge in [0.05, 0.1) is 12.3 Å². The molecule has 0 amide bonds. The summed E-state index contributed by atoms with van der Waals surface area (Å²) in [4.78, 5) is 0. The lowest BCUT2D eigenvalue weighted by atomic mass is 9.67. The molecule has 0 aromatic heterocycles. The Morgan fingerprint density at radius 1 is 0.349 bits per heavy atom. The third-order valence-electron chi connectivity index (χ3n) is 13.5. The van der Waals surface area contributed by atoms with Crippen LogP contribution in [0, 0.1) is 0 Å². The van der Waals surface area contributed by atoms with E-state index in [1.807, 2.05) is 12.1 Å². The second kappa shape index (κ2) is 15.3. The Bertz CT molecular complexity index is 3480. The van der Waals surface area contributed by atoms with E-state index in [-0.39, 0.29) is 41.6 Å². The molecule has 2 aliphatic carbocycles. The van der Waals surface area contributed by atoms with Crippen molar-refractivity contribution in [1.82, 2.24) is 0 Å². The van der Waals surface area contributed by atoms with E-state index >= 15 is 0 Å². The molecule has 0 spiro atoms. The second-order valence-corrected chi connectivity index (χ2v) is 16.7. The van der Waals surface area contributed by atoms with Crippen LogP contribution in [0.3, 0.4) is 0 Å². The molecule has 0 aliphatic heterocycles. The first-order chi connectivity index (χ1) is 33.3. The second-order valence-electron chi connectivity index (χ2n) is 16.7. The molecule has 63 heavy (non-hydrogen) atoms. The van der Waals surface area contributed by atoms with Crippen molar-refractivity contribution in [3.8, 4) is 44.5 Å². The highest BCUT2D eigenvalue weighted by atomic mass is 14.5. The van der Waals surface area contributed by atoms with Crippen LogP contribution < -0.4 is 0 Å². The smallest absolute Gasteiger partial charge is 0.0622 e. The monoisotopic (exact) mass is 805 g/mol. The van der Waals surface area contributed by atoms with Crippen molar-refractivity contribution in [2.24, 2.45) is 0 Å². The van der Waals surface area contributed by atoms with E-state index in [0.717, 1.165) is 27.8 Å². The number of hydrogen-bond acceptors (Lipinski definition) is 0. The van der Waals surface area contributed by atoms with Crippen molar-refractivity contribution in [3.63, 3.8) is 0 Å². The van der Waals surface area contributed by atoms with E-state index < -0.39 is 11.5 Å². The number of rotatable bonds is 8. The van der Waals surface area contributed by atoms with Crippen LogP contribution in [-0.4, -0.2) is 0 Å². The molecule has 10 aromatic rings. The summed E-state index contributed by atoms with van der Waals surface area (Å²) >= 11 is 0. The summed E-state index contributed by atoms with van der Waals surface area (Å²) in [5.41, 5.74) is 19.5. The third kappa shape index (κ3) is 6.05. The summed E-state index contributed by atoms with van der Waals surface area (Å²) in [6, 6.07) is 79.3. The van der Waals surface area contributed by atoms with Gasteiger partial charge in [-0.25, -0.2) is 0 Å². The summed E-state index contributed by atoms with van der Waals surface area (Å²) < 4.78 is 42.4. The van der Waals surface area contributed by atoms with Gasteiger partial charge in [-0.3, -0.25) is 0 Å². The molecule has 0 heteroatoms. The first-order valence-corrected chi connectivity index (χ1v) is 21.7. The summed E-state index contributed by atoms with van der Waals surface area (Å²) in [6.45, 7) is 0. The molecule has 2 aliphatic rings.